The molecule has 1 N–H and O–H groups in total. The lowest BCUT2D eigenvalue weighted by molar-refractivity contribution is 0.121. The summed E-state index contributed by atoms with van der Waals surface area (Å²) >= 11 is 0. The Labute approximate surface area is 126 Å². The number of ether oxygens (including phenoxy) is 1. The SMILES string of the molecule is CCNC(CCN(C)CCOCC)c1cccc(F)c1F. The number of hydrogen-bond donors (Lipinski definition) is 1. The highest BCUT2D eigenvalue weighted by molar-refractivity contribution is 5.22. The third-order valence-electron chi connectivity index (χ3n) is 3.43. The Morgan fingerprint density at radius 2 is 2.00 bits per heavy atom. The molecule has 0 aliphatic heterocycles. The van der Waals surface area contributed by atoms with Crippen LogP contribution in [0.15, 0.2) is 18.2 Å². The van der Waals surface area contributed by atoms with Crippen LogP contribution < -0.4 is 5.32 Å². The largest absolute Gasteiger partial charge is 0.380 e. The van der Waals surface area contributed by atoms with Gasteiger partial charge in [-0.15, -0.1) is 0 Å². The lowest BCUT2D eigenvalue weighted by atomic mass is 10.0. The summed E-state index contributed by atoms with van der Waals surface area (Å²) in [5, 5.41) is 3.22. The van der Waals surface area contributed by atoms with Crippen molar-refractivity contribution in [3.8, 4) is 0 Å². The quantitative estimate of drug-likeness (QED) is 0.672. The molecule has 0 aliphatic carbocycles. The number of rotatable bonds is 10. The lowest BCUT2D eigenvalue weighted by Crippen LogP contribution is -2.30. The maximum atomic E-state index is 13.9. The maximum Gasteiger partial charge on any atom is 0.163 e. The van der Waals surface area contributed by atoms with Crippen molar-refractivity contribution in [3.05, 3.63) is 35.4 Å². The van der Waals surface area contributed by atoms with Crippen molar-refractivity contribution in [2.24, 2.45) is 0 Å². The smallest absolute Gasteiger partial charge is 0.163 e. The highest BCUT2D eigenvalue weighted by Crippen LogP contribution is 2.22. The van der Waals surface area contributed by atoms with E-state index < -0.39 is 11.6 Å². The fourth-order valence-corrected chi connectivity index (χ4v) is 2.23. The first-order valence-corrected chi connectivity index (χ1v) is 7.53. The Morgan fingerprint density at radius 1 is 1.24 bits per heavy atom. The summed E-state index contributed by atoms with van der Waals surface area (Å²) < 4.78 is 32.6. The van der Waals surface area contributed by atoms with Gasteiger partial charge in [0, 0.05) is 24.8 Å². The summed E-state index contributed by atoms with van der Waals surface area (Å²) in [6.07, 6.45) is 0.719. The van der Waals surface area contributed by atoms with Crippen LogP contribution in [0.1, 0.15) is 31.9 Å². The van der Waals surface area contributed by atoms with Crippen molar-refractivity contribution >= 4 is 0 Å². The van der Waals surface area contributed by atoms with Gasteiger partial charge in [0.15, 0.2) is 11.6 Å². The Morgan fingerprint density at radius 3 is 2.67 bits per heavy atom. The first-order chi connectivity index (χ1) is 10.1. The Kier molecular flexibility index (Phi) is 8.42. The molecule has 0 amide bonds. The fourth-order valence-electron chi connectivity index (χ4n) is 2.23. The van der Waals surface area contributed by atoms with Crippen LogP contribution in [0.5, 0.6) is 0 Å². The summed E-state index contributed by atoms with van der Waals surface area (Å²) in [4.78, 5) is 2.14. The van der Waals surface area contributed by atoms with Gasteiger partial charge in [-0.2, -0.15) is 0 Å². The van der Waals surface area contributed by atoms with Crippen LogP contribution >= 0.6 is 0 Å². The zero-order valence-corrected chi connectivity index (χ0v) is 13.2. The molecule has 1 aromatic rings. The molecule has 0 heterocycles. The lowest BCUT2D eigenvalue weighted by Gasteiger charge is -2.23. The first kappa shape index (κ1) is 18.0. The Hall–Kier alpha value is -1.04. The molecule has 0 bridgehead atoms. The molecule has 21 heavy (non-hydrogen) atoms. The van der Waals surface area contributed by atoms with Crippen molar-refractivity contribution in [1.29, 1.82) is 0 Å². The average molecular weight is 300 g/mol. The van der Waals surface area contributed by atoms with Gasteiger partial charge in [-0.25, -0.2) is 8.78 Å². The second kappa shape index (κ2) is 9.82. The molecule has 5 heteroatoms. The highest BCUT2D eigenvalue weighted by atomic mass is 19.2. The zero-order chi connectivity index (χ0) is 15.7. The van der Waals surface area contributed by atoms with Gasteiger partial charge < -0.3 is 15.0 Å². The van der Waals surface area contributed by atoms with Crippen LogP contribution in [0.25, 0.3) is 0 Å². The van der Waals surface area contributed by atoms with Gasteiger partial charge in [0.2, 0.25) is 0 Å². The van der Waals surface area contributed by atoms with E-state index in [9.17, 15) is 8.78 Å². The van der Waals surface area contributed by atoms with Crippen LogP contribution in [0.4, 0.5) is 8.78 Å². The minimum absolute atomic E-state index is 0.180. The van der Waals surface area contributed by atoms with Crippen molar-refractivity contribution in [2.45, 2.75) is 26.3 Å². The predicted molar refractivity (Wildman–Crippen MR) is 81.4 cm³/mol. The van der Waals surface area contributed by atoms with E-state index in [2.05, 4.69) is 10.2 Å². The fraction of sp³-hybridized carbons (Fsp3) is 0.625. The normalized spacial score (nSPS) is 12.9. The van der Waals surface area contributed by atoms with Crippen LogP contribution in [-0.2, 0) is 4.74 Å². The molecule has 0 saturated heterocycles. The molecule has 1 unspecified atom stereocenters. The molecule has 1 atom stereocenters. The van der Waals surface area contributed by atoms with E-state index in [-0.39, 0.29) is 6.04 Å². The second-order valence-electron chi connectivity index (χ2n) is 5.04. The first-order valence-electron chi connectivity index (χ1n) is 7.53. The summed E-state index contributed by atoms with van der Waals surface area (Å²) in [6.45, 7) is 7.66. The van der Waals surface area contributed by atoms with Gasteiger partial charge in [-0.3, -0.25) is 0 Å². The Bertz CT molecular complexity index is 415. The maximum absolute atomic E-state index is 13.9. The van der Waals surface area contributed by atoms with E-state index in [4.69, 9.17) is 4.74 Å². The minimum atomic E-state index is -0.792. The van der Waals surface area contributed by atoms with Crippen molar-refractivity contribution < 1.29 is 13.5 Å². The minimum Gasteiger partial charge on any atom is -0.380 e. The third-order valence-corrected chi connectivity index (χ3v) is 3.43. The van der Waals surface area contributed by atoms with Crippen LogP contribution in [-0.4, -0.2) is 44.8 Å². The molecular weight excluding hydrogens is 274 g/mol. The summed E-state index contributed by atoms with van der Waals surface area (Å²) in [5.74, 6) is -1.54. The predicted octanol–water partition coefficient (Wildman–Crippen LogP) is 2.97. The van der Waals surface area contributed by atoms with Crippen molar-refractivity contribution in [1.82, 2.24) is 10.2 Å². The molecule has 0 radical (unpaired) electrons. The number of nitrogens with zero attached hydrogens (tertiary/aromatic N) is 1. The molecule has 1 aromatic carbocycles. The van der Waals surface area contributed by atoms with Gasteiger partial charge in [-0.05, 0) is 39.5 Å². The molecule has 0 fully saturated rings. The van der Waals surface area contributed by atoms with E-state index in [1.54, 1.807) is 12.1 Å². The molecule has 1 rings (SSSR count). The van der Waals surface area contributed by atoms with Crippen molar-refractivity contribution in [3.63, 3.8) is 0 Å². The van der Waals surface area contributed by atoms with Gasteiger partial charge in [0.05, 0.1) is 6.61 Å². The molecule has 120 valence electrons. The molecule has 0 spiro atoms. The topological polar surface area (TPSA) is 24.5 Å². The van der Waals surface area contributed by atoms with Crippen LogP contribution in [0.3, 0.4) is 0 Å². The number of nitrogens with one attached hydrogen (secondary N) is 1. The van der Waals surface area contributed by atoms with E-state index in [0.29, 0.717) is 25.3 Å². The number of halogens is 2. The summed E-state index contributed by atoms with van der Waals surface area (Å²) in [5.41, 5.74) is 0.398. The van der Waals surface area contributed by atoms with Crippen molar-refractivity contribution in [2.75, 3.05) is 39.9 Å². The second-order valence-corrected chi connectivity index (χ2v) is 5.04. The molecular formula is C16H26F2N2O. The molecule has 0 aromatic heterocycles. The van der Waals surface area contributed by atoms with Crippen LogP contribution in [0, 0.1) is 11.6 Å². The molecule has 0 saturated carbocycles. The Balaban J connectivity index is 2.59. The monoisotopic (exact) mass is 300 g/mol. The summed E-state index contributed by atoms with van der Waals surface area (Å²) in [6, 6.07) is 4.17. The van der Waals surface area contributed by atoms with E-state index in [0.717, 1.165) is 25.6 Å². The molecule has 3 nitrogen and oxygen atoms in total. The highest BCUT2D eigenvalue weighted by Gasteiger charge is 2.17. The van der Waals surface area contributed by atoms with Gasteiger partial charge in [-0.1, -0.05) is 19.1 Å². The number of hydrogen-bond acceptors (Lipinski definition) is 3. The van der Waals surface area contributed by atoms with Crippen LogP contribution in [0.2, 0.25) is 0 Å². The van der Waals surface area contributed by atoms with Gasteiger partial charge >= 0.3 is 0 Å². The van der Waals surface area contributed by atoms with E-state index in [1.165, 1.54) is 0 Å². The standard InChI is InChI=1S/C16H26F2N2O/c1-4-19-15(9-10-20(3)11-12-21-5-2)13-7-6-8-14(17)16(13)18/h6-8,15,19H,4-5,9-12H2,1-3H3. The average Bonchev–Trinajstić information content (AvgIpc) is 2.47. The zero-order valence-electron chi connectivity index (χ0n) is 13.2. The van der Waals surface area contributed by atoms with Gasteiger partial charge in [0.25, 0.3) is 0 Å². The van der Waals surface area contributed by atoms with E-state index in [1.807, 2.05) is 20.9 Å². The summed E-state index contributed by atoms with van der Waals surface area (Å²) in [7, 11) is 2.00. The number of likely N-dealkylation sites (N-methyl/N-ethyl adjacent to an activating group) is 1. The van der Waals surface area contributed by atoms with E-state index >= 15 is 0 Å². The third kappa shape index (κ3) is 6.08. The molecule has 0 aliphatic rings. The van der Waals surface area contributed by atoms with Gasteiger partial charge in [0.1, 0.15) is 0 Å². The number of benzene rings is 1.